The van der Waals surface area contributed by atoms with E-state index < -0.39 is 0 Å². The molecule has 0 aromatic heterocycles. The van der Waals surface area contributed by atoms with Gasteiger partial charge in [0.05, 0.1) is 11.8 Å². The molecule has 1 aliphatic rings. The fourth-order valence-corrected chi connectivity index (χ4v) is 2.67. The van der Waals surface area contributed by atoms with Crippen LogP contribution in [0.2, 0.25) is 0 Å². The van der Waals surface area contributed by atoms with Gasteiger partial charge in [0.15, 0.2) is 5.17 Å². The van der Waals surface area contributed by atoms with Gasteiger partial charge >= 0.3 is 0 Å². The van der Waals surface area contributed by atoms with Crippen LogP contribution in [-0.2, 0) is 5.75 Å². The van der Waals surface area contributed by atoms with Crippen molar-refractivity contribution >= 4 is 35.3 Å². The van der Waals surface area contributed by atoms with Crippen molar-refractivity contribution in [2.45, 2.75) is 5.75 Å². The minimum absolute atomic E-state index is 0.225. The van der Waals surface area contributed by atoms with Crippen LogP contribution in [0.3, 0.4) is 0 Å². The summed E-state index contributed by atoms with van der Waals surface area (Å²) in [5.74, 6) is 0.521. The van der Waals surface area contributed by atoms with Gasteiger partial charge in [0.25, 0.3) is 5.91 Å². The number of hydrogen-bond donors (Lipinski definition) is 1. The minimum atomic E-state index is -0.225. The average Bonchev–Trinajstić information content (AvgIpc) is 2.95. The first-order valence-electron chi connectivity index (χ1n) is 6.98. The molecule has 1 heterocycles. The number of hydrogen-bond acceptors (Lipinski definition) is 4. The first-order valence-corrected chi connectivity index (χ1v) is 7.96. The second kappa shape index (κ2) is 7.02. The van der Waals surface area contributed by atoms with Crippen molar-refractivity contribution in [3.63, 3.8) is 0 Å². The first-order chi connectivity index (χ1) is 11.2. The first kappa shape index (κ1) is 15.2. The number of benzene rings is 2. The van der Waals surface area contributed by atoms with E-state index in [0.29, 0.717) is 10.7 Å². The zero-order chi connectivity index (χ0) is 16.1. The molecule has 0 unspecified atom stereocenters. The average molecular weight is 322 g/mol. The van der Waals surface area contributed by atoms with Crippen molar-refractivity contribution in [3.8, 4) is 0 Å². The quantitative estimate of drug-likeness (QED) is 0.534. The monoisotopic (exact) mass is 322 g/mol. The van der Waals surface area contributed by atoms with E-state index in [4.69, 9.17) is 5.73 Å². The lowest BCUT2D eigenvalue weighted by Crippen LogP contribution is -2.06. The summed E-state index contributed by atoms with van der Waals surface area (Å²) < 4.78 is 0. The van der Waals surface area contributed by atoms with Crippen LogP contribution >= 0.6 is 11.8 Å². The van der Waals surface area contributed by atoms with Crippen molar-refractivity contribution in [1.82, 2.24) is 0 Å². The molecule has 0 radical (unpaired) electrons. The SMILES string of the molecule is NC(=NN=Cc1ccc2c(c1)C(=O)N=C2)SCc1ccccc1. The molecule has 0 fully saturated rings. The number of aliphatic imine (C=N–C) groups is 1. The van der Waals surface area contributed by atoms with Gasteiger partial charge < -0.3 is 5.73 Å². The Kier molecular flexibility index (Phi) is 4.63. The van der Waals surface area contributed by atoms with Crippen molar-refractivity contribution in [1.29, 1.82) is 0 Å². The Morgan fingerprint density at radius 2 is 2.04 bits per heavy atom. The van der Waals surface area contributed by atoms with E-state index in [1.165, 1.54) is 17.3 Å². The number of carbonyl (C=O) groups is 1. The largest absolute Gasteiger partial charge is 0.377 e. The normalized spacial score (nSPS) is 13.7. The predicted molar refractivity (Wildman–Crippen MR) is 95.3 cm³/mol. The number of carbonyl (C=O) groups excluding carboxylic acids is 1. The summed E-state index contributed by atoms with van der Waals surface area (Å²) in [6.45, 7) is 0. The molecule has 0 bridgehead atoms. The zero-order valence-corrected chi connectivity index (χ0v) is 13.0. The fourth-order valence-electron chi connectivity index (χ4n) is 2.06. The topological polar surface area (TPSA) is 80.2 Å². The number of nitrogens with zero attached hydrogens (tertiary/aromatic N) is 3. The Hall–Kier alpha value is -2.73. The van der Waals surface area contributed by atoms with Gasteiger partial charge in [-0.15, -0.1) is 5.10 Å². The highest BCUT2D eigenvalue weighted by molar-refractivity contribution is 8.13. The third-order valence-electron chi connectivity index (χ3n) is 3.22. The molecule has 0 saturated carbocycles. The van der Waals surface area contributed by atoms with Gasteiger partial charge in [-0.05, 0) is 17.2 Å². The summed E-state index contributed by atoms with van der Waals surface area (Å²) >= 11 is 1.43. The Balaban J connectivity index is 1.60. The molecule has 1 aliphatic heterocycles. The summed E-state index contributed by atoms with van der Waals surface area (Å²) in [4.78, 5) is 15.3. The standard InChI is InChI=1S/C17H14N4OS/c18-17(23-11-12-4-2-1-3-5-12)21-20-9-13-6-7-14-10-19-16(22)15(14)8-13/h1-10H,11H2,(H2,18,21). The number of rotatable bonds is 4. The molecule has 2 aromatic carbocycles. The van der Waals surface area contributed by atoms with Crippen molar-refractivity contribution in [2.75, 3.05) is 0 Å². The molecule has 0 aliphatic carbocycles. The van der Waals surface area contributed by atoms with Crippen LogP contribution in [0.4, 0.5) is 0 Å². The van der Waals surface area contributed by atoms with Gasteiger partial charge in [0.1, 0.15) is 0 Å². The molecule has 0 atom stereocenters. The molecule has 3 rings (SSSR count). The highest BCUT2D eigenvalue weighted by atomic mass is 32.2. The molecule has 2 aromatic rings. The summed E-state index contributed by atoms with van der Waals surface area (Å²) in [6.07, 6.45) is 3.14. The van der Waals surface area contributed by atoms with E-state index in [-0.39, 0.29) is 5.91 Å². The van der Waals surface area contributed by atoms with Crippen molar-refractivity contribution in [2.24, 2.45) is 20.9 Å². The van der Waals surface area contributed by atoms with E-state index in [9.17, 15) is 4.79 Å². The maximum absolute atomic E-state index is 11.5. The Morgan fingerprint density at radius 3 is 2.87 bits per heavy atom. The van der Waals surface area contributed by atoms with Crippen LogP contribution in [0, 0.1) is 0 Å². The van der Waals surface area contributed by atoms with Gasteiger partial charge in [0, 0.05) is 17.5 Å². The van der Waals surface area contributed by atoms with Gasteiger partial charge in [-0.2, -0.15) is 5.10 Å². The lowest BCUT2D eigenvalue weighted by molar-refractivity contribution is 0.101. The van der Waals surface area contributed by atoms with E-state index in [1.54, 1.807) is 18.5 Å². The molecule has 0 saturated heterocycles. The maximum atomic E-state index is 11.5. The number of amidine groups is 1. The second-order valence-electron chi connectivity index (χ2n) is 4.87. The molecule has 0 spiro atoms. The van der Waals surface area contributed by atoms with Gasteiger partial charge in [-0.1, -0.05) is 54.2 Å². The van der Waals surface area contributed by atoms with Crippen LogP contribution in [0.25, 0.3) is 0 Å². The molecule has 2 N–H and O–H groups in total. The van der Waals surface area contributed by atoms with Crippen molar-refractivity contribution in [3.05, 3.63) is 70.8 Å². The van der Waals surface area contributed by atoms with E-state index >= 15 is 0 Å². The number of fused-ring (bicyclic) bond motifs is 1. The third kappa shape index (κ3) is 3.92. The summed E-state index contributed by atoms with van der Waals surface area (Å²) in [5, 5.41) is 8.32. The van der Waals surface area contributed by atoms with E-state index in [1.807, 2.05) is 42.5 Å². The number of nitrogens with two attached hydrogens (primary N) is 1. The highest BCUT2D eigenvalue weighted by Crippen LogP contribution is 2.16. The Bertz CT molecular complexity index is 813. The van der Waals surface area contributed by atoms with Gasteiger partial charge in [0.2, 0.25) is 0 Å². The Labute approximate surface area is 138 Å². The summed E-state index contributed by atoms with van der Waals surface area (Å²) in [5.41, 5.74) is 9.20. The van der Waals surface area contributed by atoms with E-state index in [2.05, 4.69) is 15.2 Å². The third-order valence-corrected chi connectivity index (χ3v) is 4.08. The lowest BCUT2D eigenvalue weighted by Gasteiger charge is -1.99. The van der Waals surface area contributed by atoms with Crippen LogP contribution in [0.5, 0.6) is 0 Å². The molecule has 114 valence electrons. The lowest BCUT2D eigenvalue weighted by atomic mass is 10.1. The van der Waals surface area contributed by atoms with Gasteiger partial charge in [-0.3, -0.25) is 4.79 Å². The zero-order valence-electron chi connectivity index (χ0n) is 12.2. The van der Waals surface area contributed by atoms with Crippen LogP contribution in [0.15, 0.2) is 63.7 Å². The van der Waals surface area contributed by atoms with Gasteiger partial charge in [-0.25, -0.2) is 4.99 Å². The van der Waals surface area contributed by atoms with E-state index in [0.717, 1.165) is 16.9 Å². The Morgan fingerprint density at radius 1 is 1.22 bits per heavy atom. The smallest absolute Gasteiger partial charge is 0.277 e. The molecule has 1 amide bonds. The number of thioether (sulfide) groups is 1. The van der Waals surface area contributed by atoms with Crippen molar-refractivity contribution < 1.29 is 4.79 Å². The second-order valence-corrected chi connectivity index (χ2v) is 5.86. The summed E-state index contributed by atoms with van der Waals surface area (Å²) in [6, 6.07) is 15.5. The number of amides is 1. The molecular formula is C17H14N4OS. The maximum Gasteiger partial charge on any atom is 0.277 e. The minimum Gasteiger partial charge on any atom is -0.377 e. The molecule has 6 heteroatoms. The van der Waals surface area contributed by atoms with Crippen LogP contribution in [-0.4, -0.2) is 23.5 Å². The van der Waals surface area contributed by atoms with Crippen LogP contribution < -0.4 is 5.73 Å². The molecular weight excluding hydrogens is 308 g/mol. The molecule has 23 heavy (non-hydrogen) atoms. The van der Waals surface area contributed by atoms with Crippen LogP contribution in [0.1, 0.15) is 27.0 Å². The fraction of sp³-hybridized carbons (Fsp3) is 0.0588. The highest BCUT2D eigenvalue weighted by Gasteiger charge is 2.14. The predicted octanol–water partition coefficient (Wildman–Crippen LogP) is 2.84. The summed E-state index contributed by atoms with van der Waals surface area (Å²) in [7, 11) is 0. The molecule has 5 nitrogen and oxygen atoms in total.